The van der Waals surface area contributed by atoms with Crippen LogP contribution in [-0.4, -0.2) is 11.7 Å². The maximum atomic E-state index is 7.24. The van der Waals surface area contributed by atoms with E-state index in [0.29, 0.717) is 5.71 Å². The third-order valence-electron chi connectivity index (χ3n) is 3.35. The van der Waals surface area contributed by atoms with Crippen LogP contribution >= 0.6 is 12.4 Å². The molecule has 0 saturated heterocycles. The predicted octanol–water partition coefficient (Wildman–Crippen LogP) is 4.29. The molecule has 0 radical (unpaired) electrons. The molecular weight excluding hydrogens is 332 g/mol. The summed E-state index contributed by atoms with van der Waals surface area (Å²) in [6.07, 6.45) is 7.70. The second-order valence-electron chi connectivity index (χ2n) is 5.55. The van der Waals surface area contributed by atoms with Crippen molar-refractivity contribution in [1.29, 1.82) is 5.41 Å². The Hall–Kier alpha value is -2.85. The van der Waals surface area contributed by atoms with Gasteiger partial charge in [0.05, 0.1) is 5.71 Å². The number of aryl methyl sites for hydroxylation is 2. The van der Waals surface area contributed by atoms with E-state index in [-0.39, 0.29) is 18.4 Å². The zero-order valence-electron chi connectivity index (χ0n) is 14.4. The molecule has 0 spiro atoms. The first kappa shape index (κ1) is 20.2. The SMILES string of the molecule is Cc1ccc(C=CC(C=Cc2ccc(C)cc2)=NNC(=N)N)cc1.Cl. The minimum atomic E-state index is -0.194. The van der Waals surface area contributed by atoms with Gasteiger partial charge in [-0.3, -0.25) is 5.41 Å². The van der Waals surface area contributed by atoms with Crippen LogP contribution in [0.4, 0.5) is 0 Å². The highest BCUT2D eigenvalue weighted by molar-refractivity contribution is 6.08. The van der Waals surface area contributed by atoms with Gasteiger partial charge in [0, 0.05) is 0 Å². The zero-order valence-corrected chi connectivity index (χ0v) is 15.2. The van der Waals surface area contributed by atoms with Gasteiger partial charge in [0.2, 0.25) is 5.96 Å². The van der Waals surface area contributed by atoms with Gasteiger partial charge in [-0.15, -0.1) is 12.4 Å². The fraction of sp³-hybridized carbons (Fsp3) is 0.100. The van der Waals surface area contributed by atoms with Gasteiger partial charge in [-0.05, 0) is 37.1 Å². The normalized spacial score (nSPS) is 10.5. The van der Waals surface area contributed by atoms with Crippen molar-refractivity contribution in [3.63, 3.8) is 0 Å². The van der Waals surface area contributed by atoms with E-state index < -0.39 is 0 Å². The molecule has 2 rings (SSSR count). The van der Waals surface area contributed by atoms with Crippen LogP contribution in [0.25, 0.3) is 12.2 Å². The predicted molar refractivity (Wildman–Crippen MR) is 110 cm³/mol. The Bertz CT molecular complexity index is 715. The van der Waals surface area contributed by atoms with Crippen molar-refractivity contribution in [3.8, 4) is 0 Å². The topological polar surface area (TPSA) is 74.3 Å². The third kappa shape index (κ3) is 7.50. The highest BCUT2D eigenvalue weighted by Gasteiger charge is 1.93. The number of allylic oxidation sites excluding steroid dienone is 2. The lowest BCUT2D eigenvalue weighted by molar-refractivity contribution is 0.998. The van der Waals surface area contributed by atoms with Gasteiger partial charge in [-0.2, -0.15) is 5.10 Å². The summed E-state index contributed by atoms with van der Waals surface area (Å²) >= 11 is 0. The Morgan fingerprint density at radius 1 is 0.880 bits per heavy atom. The molecule has 4 N–H and O–H groups in total. The minimum absolute atomic E-state index is 0. The van der Waals surface area contributed by atoms with E-state index in [0.717, 1.165) is 11.1 Å². The summed E-state index contributed by atoms with van der Waals surface area (Å²) in [5.74, 6) is -0.194. The molecule has 2 aromatic rings. The fourth-order valence-corrected chi connectivity index (χ4v) is 1.97. The number of hydrogen-bond donors (Lipinski definition) is 3. The summed E-state index contributed by atoms with van der Waals surface area (Å²) in [5, 5.41) is 11.4. The lowest BCUT2D eigenvalue weighted by Crippen LogP contribution is -2.26. The summed E-state index contributed by atoms with van der Waals surface area (Å²) < 4.78 is 0. The molecule has 0 unspecified atom stereocenters. The van der Waals surface area contributed by atoms with E-state index in [4.69, 9.17) is 11.1 Å². The molecule has 130 valence electrons. The van der Waals surface area contributed by atoms with E-state index >= 15 is 0 Å². The maximum absolute atomic E-state index is 7.24. The van der Waals surface area contributed by atoms with Crippen LogP contribution in [-0.2, 0) is 0 Å². The number of rotatable bonds is 5. The summed E-state index contributed by atoms with van der Waals surface area (Å²) in [4.78, 5) is 0. The van der Waals surface area contributed by atoms with Gasteiger partial charge in [0.1, 0.15) is 0 Å². The number of hydrazone groups is 1. The smallest absolute Gasteiger partial charge is 0.206 e. The van der Waals surface area contributed by atoms with Gasteiger partial charge >= 0.3 is 0 Å². The molecule has 0 fully saturated rings. The standard InChI is InChI=1S/C20H22N4.ClH/c1-15-3-7-17(8-4-15)11-13-19(23-24-20(21)22)14-12-18-9-5-16(2)6-10-18;/h3-14H,1-2H3,(H4,21,22,24);1H. The van der Waals surface area contributed by atoms with Gasteiger partial charge in [0.25, 0.3) is 0 Å². The molecule has 25 heavy (non-hydrogen) atoms. The molecule has 0 aliphatic heterocycles. The summed E-state index contributed by atoms with van der Waals surface area (Å²) in [6, 6.07) is 16.4. The monoisotopic (exact) mass is 354 g/mol. The number of nitrogens with two attached hydrogens (primary N) is 1. The molecular formula is C20H23ClN4. The first-order valence-electron chi connectivity index (χ1n) is 7.70. The van der Waals surface area contributed by atoms with Gasteiger partial charge in [0.15, 0.2) is 0 Å². The van der Waals surface area contributed by atoms with Crippen LogP contribution in [0.5, 0.6) is 0 Å². The molecule has 5 heteroatoms. The van der Waals surface area contributed by atoms with Gasteiger partial charge in [-0.1, -0.05) is 71.8 Å². The van der Waals surface area contributed by atoms with Crippen molar-refractivity contribution in [2.24, 2.45) is 10.8 Å². The van der Waals surface area contributed by atoms with Gasteiger partial charge in [-0.25, -0.2) is 5.43 Å². The van der Waals surface area contributed by atoms with Crippen LogP contribution in [0.15, 0.2) is 65.8 Å². The first-order chi connectivity index (χ1) is 11.5. The molecule has 4 nitrogen and oxygen atoms in total. The highest BCUT2D eigenvalue weighted by Crippen LogP contribution is 2.07. The van der Waals surface area contributed by atoms with Crippen LogP contribution in [0.2, 0.25) is 0 Å². The Balaban J connectivity index is 0.00000312. The minimum Gasteiger partial charge on any atom is -0.369 e. The fourth-order valence-electron chi connectivity index (χ4n) is 1.97. The highest BCUT2D eigenvalue weighted by atomic mass is 35.5. The number of benzene rings is 2. The van der Waals surface area contributed by atoms with Crippen molar-refractivity contribution < 1.29 is 0 Å². The molecule has 2 aromatic carbocycles. The summed E-state index contributed by atoms with van der Waals surface area (Å²) in [6.45, 7) is 4.11. The Kier molecular flexibility index (Phi) is 8.16. The van der Waals surface area contributed by atoms with Crippen LogP contribution in [0.1, 0.15) is 22.3 Å². The lowest BCUT2D eigenvalue weighted by Gasteiger charge is -1.99. The lowest BCUT2D eigenvalue weighted by atomic mass is 10.1. The Labute approximate surface area is 155 Å². The third-order valence-corrected chi connectivity index (χ3v) is 3.35. The van der Waals surface area contributed by atoms with Crippen molar-refractivity contribution in [1.82, 2.24) is 5.43 Å². The average Bonchev–Trinajstić information content (AvgIpc) is 2.57. The van der Waals surface area contributed by atoms with E-state index in [2.05, 4.69) is 48.6 Å². The van der Waals surface area contributed by atoms with Crippen LogP contribution < -0.4 is 11.2 Å². The number of hydrogen-bond acceptors (Lipinski definition) is 2. The molecule has 0 heterocycles. The molecule has 0 amide bonds. The van der Waals surface area contributed by atoms with Gasteiger partial charge < -0.3 is 5.73 Å². The quantitative estimate of drug-likeness (QED) is 0.425. The van der Waals surface area contributed by atoms with E-state index in [1.807, 2.05) is 48.6 Å². The van der Waals surface area contributed by atoms with Crippen molar-refractivity contribution in [2.45, 2.75) is 13.8 Å². The van der Waals surface area contributed by atoms with Crippen LogP contribution in [0.3, 0.4) is 0 Å². The van der Waals surface area contributed by atoms with E-state index in [1.54, 1.807) is 0 Å². The van der Waals surface area contributed by atoms with E-state index in [9.17, 15) is 0 Å². The molecule has 0 aliphatic rings. The molecule has 0 aliphatic carbocycles. The Morgan fingerprint density at radius 2 is 1.28 bits per heavy atom. The number of nitrogens with one attached hydrogen (secondary N) is 2. The van der Waals surface area contributed by atoms with Crippen LogP contribution in [0, 0.1) is 19.3 Å². The van der Waals surface area contributed by atoms with E-state index in [1.165, 1.54) is 11.1 Å². The summed E-state index contributed by atoms with van der Waals surface area (Å²) in [5.41, 5.74) is 13.1. The average molecular weight is 355 g/mol. The molecule has 0 saturated carbocycles. The molecule has 0 bridgehead atoms. The first-order valence-corrected chi connectivity index (χ1v) is 7.70. The maximum Gasteiger partial charge on any atom is 0.206 e. The number of nitrogens with zero attached hydrogens (tertiary/aromatic N) is 1. The number of halogens is 1. The second-order valence-corrected chi connectivity index (χ2v) is 5.55. The second kappa shape index (κ2) is 10.1. The van der Waals surface area contributed by atoms with Crippen molar-refractivity contribution in [2.75, 3.05) is 0 Å². The Morgan fingerprint density at radius 3 is 1.64 bits per heavy atom. The largest absolute Gasteiger partial charge is 0.369 e. The van der Waals surface area contributed by atoms with Crippen molar-refractivity contribution >= 4 is 36.2 Å². The van der Waals surface area contributed by atoms with Crippen molar-refractivity contribution in [3.05, 3.63) is 82.9 Å². The zero-order chi connectivity index (χ0) is 17.4. The molecule has 0 atom stereocenters. The molecule has 0 aromatic heterocycles. The summed E-state index contributed by atoms with van der Waals surface area (Å²) in [7, 11) is 0. The number of guanidine groups is 1.